The smallest absolute Gasteiger partial charge is 0.243 e. The Hall–Kier alpha value is -2.96. The summed E-state index contributed by atoms with van der Waals surface area (Å²) in [5.41, 5.74) is 0.00960. The maximum atomic E-state index is 14.3. The quantitative estimate of drug-likeness (QED) is 0.141. The number of fused-ring (bicyclic) bond motifs is 2. The largest absolute Gasteiger partial charge is 0.456 e. The van der Waals surface area contributed by atoms with Gasteiger partial charge in [0.2, 0.25) is 21.3 Å². The number of piperazine rings is 1. The van der Waals surface area contributed by atoms with Crippen molar-refractivity contribution in [3.8, 4) is 22.5 Å². The second-order valence-electron chi connectivity index (χ2n) is 9.54. The van der Waals surface area contributed by atoms with Gasteiger partial charge in [0, 0.05) is 80.1 Å². The lowest BCUT2D eigenvalue weighted by molar-refractivity contribution is -0.129. The predicted octanol–water partition coefficient (Wildman–Crippen LogP) is 3.57. The number of rotatable bonds is 5. The highest BCUT2D eigenvalue weighted by molar-refractivity contribution is 14.1. The Morgan fingerprint density at radius 1 is 1.05 bits per heavy atom. The Bertz CT molecular complexity index is 2020. The number of benzene rings is 3. The molecule has 1 aliphatic carbocycles. The summed E-state index contributed by atoms with van der Waals surface area (Å²) in [7, 11) is 2.30. The van der Waals surface area contributed by atoms with Crippen LogP contribution in [-0.4, -0.2) is 82.3 Å². The fourth-order valence-corrected chi connectivity index (χ4v) is 6.61. The molecule has 0 radical (unpaired) electrons. The number of nitrogens with zero attached hydrogens (tertiary/aromatic N) is 4. The van der Waals surface area contributed by atoms with Crippen LogP contribution in [0.1, 0.15) is 8.22 Å². The fraction of sp³-hybridized carbons (Fsp3) is 0.310. The van der Waals surface area contributed by atoms with Gasteiger partial charge < -0.3 is 14.2 Å². The topological polar surface area (TPSA) is 77.1 Å². The first kappa shape index (κ1) is 20.9. The third-order valence-electron chi connectivity index (χ3n) is 6.61. The second-order valence-corrected chi connectivity index (χ2v) is 12.2. The van der Waals surface area contributed by atoms with E-state index in [2.05, 4.69) is 0 Å². The summed E-state index contributed by atoms with van der Waals surface area (Å²) in [5.74, 6) is -0.218. The molecule has 204 valence electrons. The van der Waals surface area contributed by atoms with Crippen molar-refractivity contribution < 1.29 is 25.9 Å². The van der Waals surface area contributed by atoms with Gasteiger partial charge in [-0.1, -0.05) is 40.8 Å². The van der Waals surface area contributed by atoms with Gasteiger partial charge in [0.25, 0.3) is 0 Å². The zero-order valence-electron chi connectivity index (χ0n) is 28.1. The fourth-order valence-electron chi connectivity index (χ4n) is 4.51. The summed E-state index contributed by atoms with van der Waals surface area (Å²) in [6, 6.07) is 4.35. The Labute approximate surface area is 251 Å². The van der Waals surface area contributed by atoms with Crippen LogP contribution >= 0.6 is 22.6 Å². The molecule has 10 heteroatoms. The molecule has 0 atom stereocenters. The highest BCUT2D eigenvalue weighted by Crippen LogP contribution is 2.43. The molecule has 0 spiro atoms. The van der Waals surface area contributed by atoms with Crippen LogP contribution in [0.3, 0.4) is 0 Å². The van der Waals surface area contributed by atoms with E-state index < -0.39 is 10.0 Å². The maximum Gasteiger partial charge on any atom is 0.243 e. The molecule has 0 saturated carbocycles. The zero-order chi connectivity index (χ0) is 33.1. The third-order valence-corrected chi connectivity index (χ3v) is 9.22. The number of anilines is 1. The molecule has 8 nitrogen and oxygen atoms in total. The van der Waals surface area contributed by atoms with E-state index in [1.165, 1.54) is 25.9 Å². The Balaban J connectivity index is 1.92. The van der Waals surface area contributed by atoms with Crippen LogP contribution in [0.5, 0.6) is 0 Å². The number of alkyl halides is 1. The molecule has 0 bridgehead atoms. The van der Waals surface area contributed by atoms with Crippen LogP contribution in [0.15, 0.2) is 69.8 Å². The van der Waals surface area contributed by atoms with Gasteiger partial charge in [-0.3, -0.25) is 4.79 Å². The number of hydrogen-bond donors (Lipinski definition) is 0. The molecule has 2 aliphatic heterocycles. The van der Waals surface area contributed by atoms with Crippen molar-refractivity contribution in [3.05, 3.63) is 65.9 Å². The summed E-state index contributed by atoms with van der Waals surface area (Å²) in [4.78, 5) is 15.2. The second kappa shape index (κ2) is 10.9. The standard InChI is InChI=1S/C29H32IN4O4S/c1-31(2)20-9-11-22-25(17-20)38-26-18-21(32(3)4)10-12-23(26)29(22)24-7-5-6-8-27(24)39(36,37)34-15-13-33(14-16-34)28(35)19-30/h5-12,17-18H,13-16,19H2,1-4H3/q+1/i9D,10D,11D,12D,17D,18D. The first-order valence-corrected chi connectivity index (χ1v) is 15.2. The molecule has 2 heterocycles. The Morgan fingerprint density at radius 2 is 1.77 bits per heavy atom. The first-order chi connectivity index (χ1) is 21.1. The lowest BCUT2D eigenvalue weighted by Gasteiger charge is -2.34. The van der Waals surface area contributed by atoms with E-state index in [1.54, 1.807) is 45.2 Å². The number of sulfonamides is 1. The molecule has 1 saturated heterocycles. The van der Waals surface area contributed by atoms with Gasteiger partial charge in [-0.05, 0) is 24.2 Å². The summed E-state index contributed by atoms with van der Waals surface area (Å²) in [5, 5.41) is 0.0389. The minimum Gasteiger partial charge on any atom is -0.456 e. The van der Waals surface area contributed by atoms with Crippen molar-refractivity contribution in [2.75, 3.05) is 63.7 Å². The lowest BCUT2D eigenvalue weighted by atomic mass is 9.93. The van der Waals surface area contributed by atoms with Crippen molar-refractivity contribution in [2.24, 2.45) is 0 Å². The van der Waals surface area contributed by atoms with Crippen LogP contribution in [0, 0.1) is 0 Å². The molecule has 1 fully saturated rings. The van der Waals surface area contributed by atoms with Gasteiger partial charge in [-0.2, -0.15) is 4.31 Å². The van der Waals surface area contributed by atoms with Crippen molar-refractivity contribution >= 4 is 55.2 Å². The average molecular weight is 666 g/mol. The van der Waals surface area contributed by atoms with E-state index in [0.717, 1.165) is 0 Å². The molecular weight excluding hydrogens is 627 g/mol. The van der Waals surface area contributed by atoms with Gasteiger partial charge in [0.05, 0.1) is 23.6 Å². The third kappa shape index (κ3) is 5.17. The first-order valence-electron chi connectivity index (χ1n) is 15.3. The highest BCUT2D eigenvalue weighted by atomic mass is 127. The van der Waals surface area contributed by atoms with E-state index in [0.29, 0.717) is 0 Å². The number of amides is 1. The SMILES string of the molecule is [2H]c1c2c(-c3ccccc3S(=O)(=O)N3CCN(C(=O)CI)CC3)c3c([2H])c([2H])c(N(C)C)c([2H])c3oc-2c([2H])c(=[N+](C)C)c1[2H]. The Kier molecular flexibility index (Phi) is 5.83. The summed E-state index contributed by atoms with van der Waals surface area (Å²) in [6.07, 6.45) is 0. The molecule has 2 aromatic rings. The molecule has 1 amide bonds. The summed E-state index contributed by atoms with van der Waals surface area (Å²) in [6.45, 7) is 0.584. The molecule has 39 heavy (non-hydrogen) atoms. The average Bonchev–Trinajstić information content (AvgIpc) is 3.01. The van der Waals surface area contributed by atoms with Crippen LogP contribution < -0.4 is 14.8 Å². The van der Waals surface area contributed by atoms with Crippen LogP contribution in [-0.2, 0) is 14.8 Å². The van der Waals surface area contributed by atoms with Gasteiger partial charge in [-0.25, -0.2) is 13.0 Å². The van der Waals surface area contributed by atoms with Crippen molar-refractivity contribution in [3.63, 3.8) is 0 Å². The van der Waals surface area contributed by atoms with E-state index in [1.807, 2.05) is 22.6 Å². The monoisotopic (exact) mass is 665 g/mol. The zero-order valence-corrected chi connectivity index (χ0v) is 25.0. The molecule has 3 aliphatic rings. The number of carbonyl (C=O) groups excluding carboxylic acids is 1. The minimum absolute atomic E-state index is 0.0266. The van der Waals surface area contributed by atoms with E-state index in [-0.39, 0.29) is 122 Å². The summed E-state index contributed by atoms with van der Waals surface area (Å²) >= 11 is 1.98. The normalized spacial score (nSPS) is 16.8. The van der Waals surface area contributed by atoms with Gasteiger partial charge in [0.1, 0.15) is 25.4 Å². The highest BCUT2D eigenvalue weighted by Gasteiger charge is 2.32. The van der Waals surface area contributed by atoms with Crippen molar-refractivity contribution in [2.45, 2.75) is 4.90 Å². The number of halogens is 1. The molecule has 0 unspecified atom stereocenters. The number of carbonyl (C=O) groups is 1. The molecule has 5 rings (SSSR count). The lowest BCUT2D eigenvalue weighted by Crippen LogP contribution is -2.50. The Morgan fingerprint density at radius 3 is 2.44 bits per heavy atom. The molecular formula is C29H32IN4O4S+. The number of hydrogen-bond acceptors (Lipinski definition) is 5. The van der Waals surface area contributed by atoms with Gasteiger partial charge in [0.15, 0.2) is 0 Å². The van der Waals surface area contributed by atoms with Crippen molar-refractivity contribution in [1.82, 2.24) is 13.8 Å². The van der Waals surface area contributed by atoms with E-state index >= 15 is 0 Å². The molecule has 2 aromatic carbocycles. The van der Waals surface area contributed by atoms with E-state index in [4.69, 9.17) is 12.6 Å². The van der Waals surface area contributed by atoms with Gasteiger partial charge >= 0.3 is 0 Å². The van der Waals surface area contributed by atoms with Crippen LogP contribution in [0.2, 0.25) is 0 Å². The van der Waals surface area contributed by atoms with Gasteiger partial charge in [-0.15, -0.1) is 0 Å². The molecule has 0 N–H and O–H groups in total. The molecule has 0 aromatic heterocycles. The predicted molar refractivity (Wildman–Crippen MR) is 164 cm³/mol. The summed E-state index contributed by atoms with van der Waals surface area (Å²) < 4.78 is 91.5. The van der Waals surface area contributed by atoms with Crippen LogP contribution in [0.4, 0.5) is 5.69 Å². The van der Waals surface area contributed by atoms with E-state index in [9.17, 15) is 13.2 Å². The van der Waals surface area contributed by atoms with Crippen molar-refractivity contribution in [1.29, 1.82) is 0 Å². The van der Waals surface area contributed by atoms with Crippen LogP contribution in [0.25, 0.3) is 33.4 Å². The maximum absolute atomic E-state index is 14.3. The minimum atomic E-state index is -4.21.